The number of hydrogen-bond donors (Lipinski definition) is 1. The second-order valence-corrected chi connectivity index (χ2v) is 4.84. The van der Waals surface area contributed by atoms with Gasteiger partial charge in [-0.15, -0.1) is 11.3 Å². The molecule has 4 heteroatoms. The predicted molar refractivity (Wildman–Crippen MR) is 72.0 cm³/mol. The van der Waals surface area contributed by atoms with Crippen LogP contribution in [-0.2, 0) is 0 Å². The highest BCUT2D eigenvalue weighted by atomic mass is 32.1. The molecular formula is C13H11N3S. The molecule has 0 aliphatic carbocycles. The van der Waals surface area contributed by atoms with Gasteiger partial charge in [-0.2, -0.15) is 0 Å². The van der Waals surface area contributed by atoms with Gasteiger partial charge >= 0.3 is 0 Å². The van der Waals surface area contributed by atoms with Gasteiger partial charge in [0.15, 0.2) is 5.82 Å². The number of rotatable bonds is 1. The molecule has 1 aromatic carbocycles. The lowest BCUT2D eigenvalue weighted by Gasteiger charge is -2.03. The fourth-order valence-corrected chi connectivity index (χ4v) is 2.56. The van der Waals surface area contributed by atoms with Gasteiger partial charge in [0.2, 0.25) is 0 Å². The van der Waals surface area contributed by atoms with E-state index in [1.54, 1.807) is 11.3 Å². The van der Waals surface area contributed by atoms with Gasteiger partial charge in [0, 0.05) is 5.56 Å². The first-order valence-corrected chi connectivity index (χ1v) is 6.20. The van der Waals surface area contributed by atoms with Crippen molar-refractivity contribution >= 4 is 27.4 Å². The Balaban J connectivity index is 2.23. The summed E-state index contributed by atoms with van der Waals surface area (Å²) in [5, 5.41) is 2.92. The molecule has 0 radical (unpaired) electrons. The SMILES string of the molecule is Cc1cccc(-c2nc(N)c3ccsc3n2)c1. The highest BCUT2D eigenvalue weighted by Crippen LogP contribution is 2.26. The monoisotopic (exact) mass is 241 g/mol. The van der Waals surface area contributed by atoms with Gasteiger partial charge in [0.1, 0.15) is 10.6 Å². The largest absolute Gasteiger partial charge is 0.383 e. The highest BCUT2D eigenvalue weighted by Gasteiger charge is 2.07. The molecule has 0 saturated carbocycles. The third-order valence-electron chi connectivity index (χ3n) is 2.63. The lowest BCUT2D eigenvalue weighted by Crippen LogP contribution is -1.96. The van der Waals surface area contributed by atoms with Crippen LogP contribution in [0.1, 0.15) is 5.56 Å². The maximum Gasteiger partial charge on any atom is 0.163 e. The van der Waals surface area contributed by atoms with Crippen LogP contribution in [0.4, 0.5) is 5.82 Å². The van der Waals surface area contributed by atoms with Crippen LogP contribution in [0.3, 0.4) is 0 Å². The van der Waals surface area contributed by atoms with Gasteiger partial charge in [-0.25, -0.2) is 9.97 Å². The molecule has 3 aromatic rings. The van der Waals surface area contributed by atoms with E-state index in [0.29, 0.717) is 11.6 Å². The summed E-state index contributed by atoms with van der Waals surface area (Å²) >= 11 is 1.58. The van der Waals surface area contributed by atoms with Gasteiger partial charge in [-0.1, -0.05) is 23.8 Å². The van der Waals surface area contributed by atoms with E-state index in [4.69, 9.17) is 5.73 Å². The average Bonchev–Trinajstić information content (AvgIpc) is 2.77. The fraction of sp³-hybridized carbons (Fsp3) is 0.0769. The molecule has 0 bridgehead atoms. The van der Waals surface area contributed by atoms with Crippen LogP contribution < -0.4 is 5.73 Å². The second kappa shape index (κ2) is 3.82. The third kappa shape index (κ3) is 1.76. The summed E-state index contributed by atoms with van der Waals surface area (Å²) in [6.45, 7) is 2.05. The molecule has 0 unspecified atom stereocenters. The zero-order chi connectivity index (χ0) is 11.8. The van der Waals surface area contributed by atoms with E-state index < -0.39 is 0 Å². The van der Waals surface area contributed by atoms with E-state index in [0.717, 1.165) is 15.8 Å². The van der Waals surface area contributed by atoms with Gasteiger partial charge < -0.3 is 5.73 Å². The minimum Gasteiger partial charge on any atom is -0.383 e. The van der Waals surface area contributed by atoms with Crippen LogP contribution in [0.25, 0.3) is 21.6 Å². The Bertz CT molecular complexity index is 688. The molecule has 3 nitrogen and oxygen atoms in total. The normalized spacial score (nSPS) is 10.9. The second-order valence-electron chi connectivity index (χ2n) is 3.94. The number of nitrogens with zero attached hydrogens (tertiary/aromatic N) is 2. The molecule has 3 rings (SSSR count). The van der Waals surface area contributed by atoms with Crippen LogP contribution >= 0.6 is 11.3 Å². The number of hydrogen-bond acceptors (Lipinski definition) is 4. The minimum absolute atomic E-state index is 0.549. The Labute approximate surface area is 103 Å². The summed E-state index contributed by atoms with van der Waals surface area (Å²) < 4.78 is 0. The molecule has 0 aliphatic heterocycles. The minimum atomic E-state index is 0.549. The van der Waals surface area contributed by atoms with Crippen molar-refractivity contribution in [2.75, 3.05) is 5.73 Å². The topological polar surface area (TPSA) is 51.8 Å². The fourth-order valence-electron chi connectivity index (χ4n) is 1.79. The molecule has 0 atom stereocenters. The van der Waals surface area contributed by atoms with Crippen LogP contribution in [0, 0.1) is 6.92 Å². The van der Waals surface area contributed by atoms with E-state index in [2.05, 4.69) is 29.0 Å². The predicted octanol–water partition coefficient (Wildman–Crippen LogP) is 3.25. The van der Waals surface area contributed by atoms with Gasteiger partial charge in [0.05, 0.1) is 5.39 Å². The first kappa shape index (κ1) is 10.2. The van der Waals surface area contributed by atoms with Crippen molar-refractivity contribution in [3.63, 3.8) is 0 Å². The quantitative estimate of drug-likeness (QED) is 0.711. The van der Waals surface area contributed by atoms with Crippen molar-refractivity contribution in [3.05, 3.63) is 41.3 Å². The Morgan fingerprint density at radius 1 is 1.18 bits per heavy atom. The summed E-state index contributed by atoms with van der Waals surface area (Å²) in [5.74, 6) is 1.24. The Morgan fingerprint density at radius 2 is 2.06 bits per heavy atom. The Kier molecular flexibility index (Phi) is 2.30. The number of nitrogens with two attached hydrogens (primary N) is 1. The summed E-state index contributed by atoms with van der Waals surface area (Å²) in [4.78, 5) is 9.83. The summed E-state index contributed by atoms with van der Waals surface area (Å²) in [6, 6.07) is 10.1. The van der Waals surface area contributed by atoms with E-state index >= 15 is 0 Å². The zero-order valence-electron chi connectivity index (χ0n) is 9.34. The molecule has 2 heterocycles. The molecule has 17 heavy (non-hydrogen) atoms. The summed E-state index contributed by atoms with van der Waals surface area (Å²) in [7, 11) is 0. The molecule has 2 N–H and O–H groups in total. The van der Waals surface area contributed by atoms with E-state index in [1.165, 1.54) is 5.56 Å². The lowest BCUT2D eigenvalue weighted by molar-refractivity contribution is 1.24. The van der Waals surface area contributed by atoms with Crippen LogP contribution in [0.15, 0.2) is 35.7 Å². The standard InChI is InChI=1S/C13H11N3S/c1-8-3-2-4-9(7-8)12-15-11(14)10-5-6-17-13(10)16-12/h2-7H,1H3,(H2,14,15,16). The van der Waals surface area contributed by atoms with Crippen molar-refractivity contribution in [3.8, 4) is 11.4 Å². The Morgan fingerprint density at radius 3 is 2.88 bits per heavy atom. The van der Waals surface area contributed by atoms with Crippen molar-refractivity contribution in [2.24, 2.45) is 0 Å². The third-order valence-corrected chi connectivity index (χ3v) is 3.44. The first-order valence-electron chi connectivity index (χ1n) is 5.32. The molecule has 0 amide bonds. The summed E-state index contributed by atoms with van der Waals surface area (Å²) in [6.07, 6.45) is 0. The number of benzene rings is 1. The van der Waals surface area contributed by atoms with Crippen LogP contribution in [0.2, 0.25) is 0 Å². The molecule has 0 aliphatic rings. The van der Waals surface area contributed by atoms with Gasteiger partial charge in [-0.05, 0) is 24.4 Å². The van der Waals surface area contributed by atoms with Crippen LogP contribution in [-0.4, -0.2) is 9.97 Å². The molecule has 0 saturated heterocycles. The smallest absolute Gasteiger partial charge is 0.163 e. The number of aromatic nitrogens is 2. The molecule has 0 fully saturated rings. The molecule has 2 aromatic heterocycles. The maximum absolute atomic E-state index is 5.93. The van der Waals surface area contributed by atoms with E-state index in [9.17, 15) is 0 Å². The van der Waals surface area contributed by atoms with E-state index in [-0.39, 0.29) is 0 Å². The van der Waals surface area contributed by atoms with Gasteiger partial charge in [-0.3, -0.25) is 0 Å². The molecule has 0 spiro atoms. The van der Waals surface area contributed by atoms with Crippen molar-refractivity contribution in [1.29, 1.82) is 0 Å². The van der Waals surface area contributed by atoms with Gasteiger partial charge in [0.25, 0.3) is 0 Å². The van der Waals surface area contributed by atoms with Crippen LogP contribution in [0.5, 0.6) is 0 Å². The first-order chi connectivity index (χ1) is 8.24. The van der Waals surface area contributed by atoms with Crippen molar-refractivity contribution in [1.82, 2.24) is 9.97 Å². The average molecular weight is 241 g/mol. The zero-order valence-corrected chi connectivity index (χ0v) is 10.2. The summed E-state index contributed by atoms with van der Waals surface area (Å²) in [5.41, 5.74) is 8.13. The molecule has 84 valence electrons. The number of nitrogen functional groups attached to an aromatic ring is 1. The van der Waals surface area contributed by atoms with Crippen molar-refractivity contribution < 1.29 is 0 Å². The Hall–Kier alpha value is -1.94. The lowest BCUT2D eigenvalue weighted by atomic mass is 10.1. The maximum atomic E-state index is 5.93. The number of aryl methyl sites for hydroxylation is 1. The molecular weight excluding hydrogens is 230 g/mol. The highest BCUT2D eigenvalue weighted by molar-refractivity contribution is 7.16. The number of fused-ring (bicyclic) bond motifs is 1. The van der Waals surface area contributed by atoms with E-state index in [1.807, 2.05) is 23.6 Å². The van der Waals surface area contributed by atoms with Crippen molar-refractivity contribution in [2.45, 2.75) is 6.92 Å². The number of thiophene rings is 1. The number of anilines is 1.